The number of benzene rings is 1. The van der Waals surface area contributed by atoms with E-state index in [2.05, 4.69) is 41.2 Å². The molecular formula is C16H26ClN3. The summed E-state index contributed by atoms with van der Waals surface area (Å²) in [6.45, 7) is 6.57. The lowest BCUT2D eigenvalue weighted by atomic mass is 10.1. The van der Waals surface area contributed by atoms with E-state index in [9.17, 15) is 0 Å². The fourth-order valence-electron chi connectivity index (χ4n) is 3.05. The fourth-order valence-corrected chi connectivity index (χ4v) is 3.22. The number of likely N-dealkylation sites (N-methyl/N-ethyl adjacent to an activating group) is 1. The zero-order valence-electron chi connectivity index (χ0n) is 12.8. The van der Waals surface area contributed by atoms with E-state index < -0.39 is 0 Å². The van der Waals surface area contributed by atoms with Gasteiger partial charge in [0.1, 0.15) is 0 Å². The summed E-state index contributed by atoms with van der Waals surface area (Å²) in [7, 11) is 4.21. The first-order valence-electron chi connectivity index (χ1n) is 7.54. The van der Waals surface area contributed by atoms with Crippen LogP contribution in [0.3, 0.4) is 0 Å². The molecule has 1 aliphatic rings. The van der Waals surface area contributed by atoms with Crippen LogP contribution in [0.4, 0.5) is 5.69 Å². The number of rotatable bonds is 4. The largest absolute Gasteiger partial charge is 0.367 e. The van der Waals surface area contributed by atoms with Crippen LogP contribution in [0.25, 0.3) is 0 Å². The highest BCUT2D eigenvalue weighted by Gasteiger charge is 2.24. The summed E-state index contributed by atoms with van der Waals surface area (Å²) in [6.07, 6.45) is 2.37. The van der Waals surface area contributed by atoms with Crippen molar-refractivity contribution in [1.82, 2.24) is 10.2 Å². The van der Waals surface area contributed by atoms with Gasteiger partial charge in [-0.05, 0) is 51.2 Å². The zero-order valence-corrected chi connectivity index (χ0v) is 13.6. The predicted octanol–water partition coefficient (Wildman–Crippen LogP) is 2.98. The van der Waals surface area contributed by atoms with Crippen LogP contribution in [0.15, 0.2) is 18.2 Å². The van der Waals surface area contributed by atoms with Gasteiger partial charge >= 0.3 is 0 Å². The Morgan fingerprint density at radius 3 is 2.85 bits per heavy atom. The molecule has 1 atom stereocenters. The van der Waals surface area contributed by atoms with E-state index >= 15 is 0 Å². The van der Waals surface area contributed by atoms with Crippen LogP contribution in [0.1, 0.15) is 25.3 Å². The molecule has 0 saturated carbocycles. The van der Waals surface area contributed by atoms with Crippen molar-refractivity contribution in [3.63, 3.8) is 0 Å². The van der Waals surface area contributed by atoms with Crippen LogP contribution in [-0.4, -0.2) is 44.7 Å². The number of nitrogens with one attached hydrogen (secondary N) is 1. The van der Waals surface area contributed by atoms with E-state index in [-0.39, 0.29) is 0 Å². The molecule has 1 aliphatic heterocycles. The first kappa shape index (κ1) is 15.6. The molecule has 1 saturated heterocycles. The molecule has 0 spiro atoms. The Balaban J connectivity index is 2.33. The van der Waals surface area contributed by atoms with Crippen molar-refractivity contribution in [2.24, 2.45) is 0 Å². The Labute approximate surface area is 127 Å². The standard InChI is InChI=1S/C16H26ClN3/c1-4-15-12-19(3)8-5-9-20(15)16-10-14(17)7-6-13(16)11-18-2/h6-7,10,15,18H,4-5,8-9,11-12H2,1-3H3. The molecule has 0 amide bonds. The zero-order chi connectivity index (χ0) is 14.5. The van der Waals surface area contributed by atoms with E-state index in [1.807, 2.05) is 13.1 Å². The van der Waals surface area contributed by atoms with Crippen molar-refractivity contribution in [2.75, 3.05) is 38.6 Å². The lowest BCUT2D eigenvalue weighted by Crippen LogP contribution is -2.40. The maximum atomic E-state index is 6.24. The van der Waals surface area contributed by atoms with Gasteiger partial charge in [-0.25, -0.2) is 0 Å². The van der Waals surface area contributed by atoms with E-state index in [1.54, 1.807) is 0 Å². The Bertz CT molecular complexity index is 436. The summed E-state index contributed by atoms with van der Waals surface area (Å²) in [6, 6.07) is 6.83. The molecule has 0 radical (unpaired) electrons. The molecule has 2 rings (SSSR count). The van der Waals surface area contributed by atoms with Gasteiger partial charge in [0.15, 0.2) is 0 Å². The van der Waals surface area contributed by atoms with Gasteiger partial charge < -0.3 is 15.1 Å². The fraction of sp³-hybridized carbons (Fsp3) is 0.625. The topological polar surface area (TPSA) is 18.5 Å². The number of nitrogens with zero attached hydrogens (tertiary/aromatic N) is 2. The summed E-state index contributed by atoms with van der Waals surface area (Å²) < 4.78 is 0. The average Bonchev–Trinajstić information content (AvgIpc) is 2.62. The van der Waals surface area contributed by atoms with Gasteiger partial charge in [0.25, 0.3) is 0 Å². The third-order valence-electron chi connectivity index (χ3n) is 4.10. The van der Waals surface area contributed by atoms with Crippen LogP contribution in [0, 0.1) is 0 Å². The molecule has 1 fully saturated rings. The van der Waals surface area contributed by atoms with Gasteiger partial charge in [-0.3, -0.25) is 0 Å². The molecule has 20 heavy (non-hydrogen) atoms. The van der Waals surface area contributed by atoms with E-state index in [1.165, 1.54) is 24.2 Å². The van der Waals surface area contributed by atoms with Crippen molar-refractivity contribution in [3.05, 3.63) is 28.8 Å². The summed E-state index contributed by atoms with van der Waals surface area (Å²) in [4.78, 5) is 5.00. The molecular weight excluding hydrogens is 270 g/mol. The normalized spacial score (nSPS) is 21.0. The van der Waals surface area contributed by atoms with Crippen LogP contribution in [0.5, 0.6) is 0 Å². The van der Waals surface area contributed by atoms with Gasteiger partial charge in [0.05, 0.1) is 0 Å². The molecule has 1 N–H and O–H groups in total. The smallest absolute Gasteiger partial charge is 0.0429 e. The number of anilines is 1. The Morgan fingerprint density at radius 1 is 1.35 bits per heavy atom. The van der Waals surface area contributed by atoms with Crippen LogP contribution < -0.4 is 10.2 Å². The van der Waals surface area contributed by atoms with Gasteiger partial charge in [-0.2, -0.15) is 0 Å². The minimum absolute atomic E-state index is 0.566. The van der Waals surface area contributed by atoms with E-state index in [0.717, 1.165) is 31.1 Å². The predicted molar refractivity (Wildman–Crippen MR) is 87.8 cm³/mol. The Hall–Kier alpha value is -0.770. The maximum absolute atomic E-state index is 6.24. The van der Waals surface area contributed by atoms with Gasteiger partial charge in [-0.1, -0.05) is 24.6 Å². The summed E-state index contributed by atoms with van der Waals surface area (Å²) in [5, 5.41) is 4.09. The van der Waals surface area contributed by atoms with Gasteiger partial charge in [0, 0.05) is 36.4 Å². The minimum atomic E-state index is 0.566. The first-order valence-corrected chi connectivity index (χ1v) is 7.91. The second-order valence-corrected chi connectivity index (χ2v) is 6.11. The van der Waals surface area contributed by atoms with Crippen LogP contribution >= 0.6 is 11.6 Å². The molecule has 1 aromatic carbocycles. The highest BCUT2D eigenvalue weighted by molar-refractivity contribution is 6.30. The molecule has 112 valence electrons. The highest BCUT2D eigenvalue weighted by atomic mass is 35.5. The monoisotopic (exact) mass is 295 g/mol. The maximum Gasteiger partial charge on any atom is 0.0429 e. The van der Waals surface area contributed by atoms with Crippen LogP contribution in [-0.2, 0) is 6.54 Å². The van der Waals surface area contributed by atoms with Gasteiger partial charge in [-0.15, -0.1) is 0 Å². The molecule has 1 heterocycles. The Kier molecular flexibility index (Phi) is 5.70. The minimum Gasteiger partial charge on any atom is -0.367 e. The summed E-state index contributed by atoms with van der Waals surface area (Å²) >= 11 is 6.24. The van der Waals surface area contributed by atoms with Crippen molar-refractivity contribution < 1.29 is 0 Å². The third-order valence-corrected chi connectivity index (χ3v) is 4.33. The second-order valence-electron chi connectivity index (χ2n) is 5.67. The summed E-state index contributed by atoms with van der Waals surface area (Å²) in [5.74, 6) is 0. The number of hydrogen-bond donors (Lipinski definition) is 1. The highest BCUT2D eigenvalue weighted by Crippen LogP contribution is 2.29. The van der Waals surface area contributed by atoms with Crippen molar-refractivity contribution in [2.45, 2.75) is 32.4 Å². The third kappa shape index (κ3) is 3.66. The number of hydrogen-bond acceptors (Lipinski definition) is 3. The number of halogens is 1. The molecule has 1 unspecified atom stereocenters. The molecule has 0 bridgehead atoms. The molecule has 4 heteroatoms. The second kappa shape index (κ2) is 7.30. The first-order chi connectivity index (χ1) is 9.65. The average molecular weight is 296 g/mol. The SMILES string of the molecule is CCC1CN(C)CCCN1c1cc(Cl)ccc1CNC. The lowest BCUT2D eigenvalue weighted by molar-refractivity contribution is 0.328. The molecule has 3 nitrogen and oxygen atoms in total. The summed E-state index contributed by atoms with van der Waals surface area (Å²) in [5.41, 5.74) is 2.63. The van der Waals surface area contributed by atoms with Crippen molar-refractivity contribution in [1.29, 1.82) is 0 Å². The van der Waals surface area contributed by atoms with Crippen molar-refractivity contribution >= 4 is 17.3 Å². The lowest BCUT2D eigenvalue weighted by Gasteiger charge is -2.34. The van der Waals surface area contributed by atoms with E-state index in [0.29, 0.717) is 6.04 Å². The Morgan fingerprint density at radius 2 is 2.15 bits per heavy atom. The van der Waals surface area contributed by atoms with Crippen molar-refractivity contribution in [3.8, 4) is 0 Å². The molecule has 1 aromatic rings. The molecule has 0 aromatic heterocycles. The van der Waals surface area contributed by atoms with Crippen LogP contribution in [0.2, 0.25) is 5.02 Å². The van der Waals surface area contributed by atoms with Gasteiger partial charge in [0.2, 0.25) is 0 Å². The van der Waals surface area contributed by atoms with E-state index in [4.69, 9.17) is 11.6 Å². The quantitative estimate of drug-likeness (QED) is 0.921. The molecule has 0 aliphatic carbocycles.